The maximum atomic E-state index is 12.4. The summed E-state index contributed by atoms with van der Waals surface area (Å²) in [5, 5.41) is 12.1. The van der Waals surface area contributed by atoms with Crippen LogP contribution in [0.1, 0.15) is 17.3 Å². The van der Waals surface area contributed by atoms with Crippen LogP contribution in [-0.4, -0.2) is 32.6 Å². The minimum atomic E-state index is -0.156. The minimum absolute atomic E-state index is 0.0637. The highest BCUT2D eigenvalue weighted by atomic mass is 32.2. The van der Waals surface area contributed by atoms with E-state index in [4.69, 9.17) is 4.42 Å². The van der Waals surface area contributed by atoms with Crippen LogP contribution in [-0.2, 0) is 4.79 Å². The van der Waals surface area contributed by atoms with Crippen molar-refractivity contribution in [2.45, 2.75) is 12.1 Å². The van der Waals surface area contributed by atoms with Gasteiger partial charge >= 0.3 is 0 Å². The van der Waals surface area contributed by atoms with Crippen LogP contribution in [0.5, 0.6) is 0 Å². The van der Waals surface area contributed by atoms with Crippen molar-refractivity contribution in [3.05, 3.63) is 60.3 Å². The van der Waals surface area contributed by atoms with Gasteiger partial charge < -0.3 is 14.7 Å². The third-order valence-electron chi connectivity index (χ3n) is 4.08. The van der Waals surface area contributed by atoms with E-state index in [1.54, 1.807) is 24.3 Å². The number of nitrogens with zero attached hydrogens (tertiary/aromatic N) is 2. The second-order valence-corrected chi connectivity index (χ2v) is 7.02. The smallest absolute Gasteiger partial charge is 0.277 e. The predicted molar refractivity (Wildman–Crippen MR) is 107 cm³/mol. The largest absolute Gasteiger partial charge is 0.411 e. The molecule has 0 radical (unpaired) electrons. The molecule has 0 atom stereocenters. The van der Waals surface area contributed by atoms with Crippen molar-refractivity contribution >= 4 is 40.0 Å². The summed E-state index contributed by atoms with van der Waals surface area (Å²) in [6.45, 7) is 1.44. The lowest BCUT2D eigenvalue weighted by molar-refractivity contribution is -0.114. The summed E-state index contributed by atoms with van der Waals surface area (Å²) in [4.78, 5) is 26.6. The number of Topliss-reactive ketones (excluding diaryl/α,β-unsaturated/α-hetero) is 1. The molecule has 0 unspecified atom stereocenters. The maximum Gasteiger partial charge on any atom is 0.277 e. The van der Waals surface area contributed by atoms with Gasteiger partial charge in [-0.1, -0.05) is 30.0 Å². The Morgan fingerprint density at radius 2 is 1.89 bits per heavy atom. The maximum absolute atomic E-state index is 12.4. The van der Waals surface area contributed by atoms with E-state index in [0.717, 1.165) is 16.5 Å². The van der Waals surface area contributed by atoms with Crippen molar-refractivity contribution in [1.82, 2.24) is 15.2 Å². The molecule has 1 amide bonds. The Morgan fingerprint density at radius 1 is 1.11 bits per heavy atom. The van der Waals surface area contributed by atoms with Gasteiger partial charge in [-0.05, 0) is 30.3 Å². The highest BCUT2D eigenvalue weighted by Gasteiger charge is 2.15. The fourth-order valence-electron chi connectivity index (χ4n) is 2.78. The van der Waals surface area contributed by atoms with Crippen LogP contribution in [0.25, 0.3) is 22.4 Å². The van der Waals surface area contributed by atoms with Gasteiger partial charge in [-0.15, -0.1) is 10.2 Å². The number of hydrogen-bond donors (Lipinski definition) is 2. The van der Waals surface area contributed by atoms with Crippen molar-refractivity contribution in [2.24, 2.45) is 0 Å². The Bertz CT molecular complexity index is 1150. The second kappa shape index (κ2) is 7.69. The summed E-state index contributed by atoms with van der Waals surface area (Å²) in [5.74, 6) is 0.366. The number of carbonyl (C=O) groups excluding carboxylic acids is 2. The van der Waals surface area contributed by atoms with Gasteiger partial charge in [0.05, 0.1) is 11.3 Å². The molecule has 7 nitrogen and oxygen atoms in total. The molecule has 0 aliphatic heterocycles. The third-order valence-corrected chi connectivity index (χ3v) is 4.90. The zero-order valence-electron chi connectivity index (χ0n) is 14.9. The van der Waals surface area contributed by atoms with Gasteiger partial charge in [-0.3, -0.25) is 9.59 Å². The molecule has 4 aromatic rings. The third kappa shape index (κ3) is 3.81. The number of thioether (sulfide) groups is 1. The molecular weight excluding hydrogens is 376 g/mol. The van der Waals surface area contributed by atoms with E-state index in [-0.39, 0.29) is 17.4 Å². The molecule has 2 heterocycles. The van der Waals surface area contributed by atoms with Crippen molar-refractivity contribution < 1.29 is 14.0 Å². The van der Waals surface area contributed by atoms with E-state index in [1.165, 1.54) is 18.7 Å². The fraction of sp³-hybridized carbons (Fsp3) is 0.100. The van der Waals surface area contributed by atoms with E-state index < -0.39 is 0 Å². The standard InChI is InChI=1S/C20H16N4O3S/c1-12(25)22-14-8-6-13(7-9-14)18(26)11-28-20-24-23-19(27-20)16-10-21-17-5-3-2-4-15(16)17/h2-10,21H,11H2,1H3,(H,22,25). The fourth-order valence-corrected chi connectivity index (χ4v) is 3.44. The molecule has 0 fully saturated rings. The molecule has 0 aliphatic rings. The number of aromatic nitrogens is 3. The van der Waals surface area contributed by atoms with Gasteiger partial charge in [0, 0.05) is 35.3 Å². The predicted octanol–water partition coefficient (Wildman–Crippen LogP) is 4.15. The molecule has 28 heavy (non-hydrogen) atoms. The van der Waals surface area contributed by atoms with Gasteiger partial charge in [0.2, 0.25) is 5.91 Å². The van der Waals surface area contributed by atoms with Crippen LogP contribution in [0.4, 0.5) is 5.69 Å². The van der Waals surface area contributed by atoms with Gasteiger partial charge in [0.1, 0.15) is 0 Å². The average Bonchev–Trinajstić information content (AvgIpc) is 3.33. The van der Waals surface area contributed by atoms with E-state index in [0.29, 0.717) is 22.4 Å². The van der Waals surface area contributed by atoms with Crippen molar-refractivity contribution in [2.75, 3.05) is 11.1 Å². The summed E-state index contributed by atoms with van der Waals surface area (Å²) in [7, 11) is 0. The van der Waals surface area contributed by atoms with Crippen LogP contribution in [0, 0.1) is 0 Å². The number of carbonyl (C=O) groups is 2. The molecular formula is C20H16N4O3S. The highest BCUT2D eigenvalue weighted by Crippen LogP contribution is 2.29. The van der Waals surface area contributed by atoms with E-state index in [1.807, 2.05) is 30.5 Å². The van der Waals surface area contributed by atoms with Gasteiger partial charge in [0.15, 0.2) is 5.78 Å². The lowest BCUT2D eigenvalue weighted by Crippen LogP contribution is -2.07. The van der Waals surface area contributed by atoms with Crippen LogP contribution in [0.2, 0.25) is 0 Å². The number of amides is 1. The summed E-state index contributed by atoms with van der Waals surface area (Å²) < 4.78 is 5.71. The topological polar surface area (TPSA) is 101 Å². The number of aromatic amines is 1. The first kappa shape index (κ1) is 18.0. The van der Waals surface area contributed by atoms with E-state index >= 15 is 0 Å². The molecule has 0 bridgehead atoms. The summed E-state index contributed by atoms with van der Waals surface area (Å²) in [5.41, 5.74) is 3.02. The Labute approximate surface area is 164 Å². The normalized spacial score (nSPS) is 10.9. The zero-order chi connectivity index (χ0) is 19.5. The number of nitrogens with one attached hydrogen (secondary N) is 2. The van der Waals surface area contributed by atoms with Crippen LogP contribution in [0.3, 0.4) is 0 Å². The first-order valence-electron chi connectivity index (χ1n) is 8.54. The molecule has 0 saturated heterocycles. The lowest BCUT2D eigenvalue weighted by Gasteiger charge is -2.03. The van der Waals surface area contributed by atoms with E-state index in [2.05, 4.69) is 20.5 Å². The van der Waals surface area contributed by atoms with Gasteiger partial charge in [-0.25, -0.2) is 0 Å². The number of ketones is 1. The molecule has 140 valence electrons. The number of H-pyrrole nitrogens is 1. The molecule has 2 aromatic carbocycles. The molecule has 0 aliphatic carbocycles. The van der Waals surface area contributed by atoms with Crippen LogP contribution >= 0.6 is 11.8 Å². The minimum Gasteiger partial charge on any atom is -0.411 e. The first-order valence-corrected chi connectivity index (χ1v) is 9.52. The molecule has 0 spiro atoms. The summed E-state index contributed by atoms with van der Waals surface area (Å²) >= 11 is 1.19. The second-order valence-electron chi connectivity index (χ2n) is 6.09. The van der Waals surface area contributed by atoms with Crippen LogP contribution in [0.15, 0.2) is 64.4 Å². The lowest BCUT2D eigenvalue weighted by atomic mass is 10.1. The zero-order valence-corrected chi connectivity index (χ0v) is 15.7. The quantitative estimate of drug-likeness (QED) is 0.378. The Balaban J connectivity index is 1.42. The number of anilines is 1. The number of hydrogen-bond acceptors (Lipinski definition) is 6. The van der Waals surface area contributed by atoms with Crippen molar-refractivity contribution in [1.29, 1.82) is 0 Å². The molecule has 2 aromatic heterocycles. The average molecular weight is 392 g/mol. The Kier molecular flexibility index (Phi) is 4.94. The number of rotatable bonds is 6. The number of para-hydroxylation sites is 1. The van der Waals surface area contributed by atoms with Crippen molar-refractivity contribution in [3.8, 4) is 11.5 Å². The molecule has 4 rings (SSSR count). The molecule has 2 N–H and O–H groups in total. The molecule has 0 saturated carbocycles. The van der Waals surface area contributed by atoms with Gasteiger partial charge in [-0.2, -0.15) is 0 Å². The molecule has 8 heteroatoms. The Hall–Kier alpha value is -3.39. The number of benzene rings is 2. The van der Waals surface area contributed by atoms with Gasteiger partial charge in [0.25, 0.3) is 11.1 Å². The SMILES string of the molecule is CC(=O)Nc1ccc(C(=O)CSc2nnc(-c3c[nH]c4ccccc34)o2)cc1. The van der Waals surface area contributed by atoms with E-state index in [9.17, 15) is 9.59 Å². The summed E-state index contributed by atoms with van der Waals surface area (Å²) in [6, 6.07) is 14.6. The monoisotopic (exact) mass is 392 g/mol. The van der Waals surface area contributed by atoms with Crippen molar-refractivity contribution in [3.63, 3.8) is 0 Å². The van der Waals surface area contributed by atoms with Crippen LogP contribution < -0.4 is 5.32 Å². The summed E-state index contributed by atoms with van der Waals surface area (Å²) in [6.07, 6.45) is 1.83. The highest BCUT2D eigenvalue weighted by molar-refractivity contribution is 7.99. The number of fused-ring (bicyclic) bond motifs is 1. The Morgan fingerprint density at radius 3 is 2.68 bits per heavy atom. The first-order chi connectivity index (χ1) is 13.6.